The van der Waals surface area contributed by atoms with Crippen molar-refractivity contribution >= 4 is 35.9 Å². The van der Waals surface area contributed by atoms with Crippen LogP contribution in [-0.2, 0) is 0 Å². The van der Waals surface area contributed by atoms with Crippen molar-refractivity contribution in [3.8, 4) is 0 Å². The molecule has 6 aromatic heterocycles. The molecule has 0 saturated heterocycles. The number of hydrogen-bond donors (Lipinski definition) is 2. The maximum absolute atomic E-state index is 12.5. The first-order valence-corrected chi connectivity index (χ1v) is 18.4. The molecule has 6 rings (SSSR count). The SMILES string of the molecule is CC(C)=N[C@@H](c1ccco1)C(F)(F)F.CC(C)N=C(c1ccco1)C(F)(F)F.Cl.N[C@@H](c1ccco1)C(F)(F)F.O=C(c1ccco1)C(F)(F)F.O=Cc1ccco1.OC(c1ccco1)C(F)(F)F. The lowest BCUT2D eigenvalue weighted by Crippen LogP contribution is -2.27. The molecule has 0 bridgehead atoms. The number of rotatable bonds is 8. The fraction of sp³-hybridized carbons (Fsp3) is 0.317. The average molecular weight is 1040 g/mol. The second kappa shape index (κ2) is 28.1. The Hall–Kier alpha value is -6.48. The minimum Gasteiger partial charge on any atom is -0.467 e. The Labute approximate surface area is 386 Å². The van der Waals surface area contributed by atoms with E-state index in [0.29, 0.717) is 17.8 Å². The normalized spacial score (nSPS) is 13.0. The number of hydrogen-bond acceptors (Lipinski definition) is 12. The number of halogens is 16. The molecule has 6 heterocycles. The van der Waals surface area contributed by atoms with Gasteiger partial charge in [0.25, 0.3) is 0 Å². The minimum atomic E-state index is -4.85. The summed E-state index contributed by atoms with van der Waals surface area (Å²) in [6, 6.07) is 11.4. The highest BCUT2D eigenvalue weighted by molar-refractivity contribution is 6.02. The van der Waals surface area contributed by atoms with Gasteiger partial charge in [-0.25, -0.2) is 0 Å². The molecule has 0 saturated carbocycles. The zero-order valence-electron chi connectivity index (χ0n) is 35.5. The maximum atomic E-state index is 12.5. The van der Waals surface area contributed by atoms with Gasteiger partial charge in [-0.1, -0.05) is 0 Å². The number of ketones is 1. The number of alkyl halides is 15. The Bertz CT molecular complexity index is 2240. The highest BCUT2D eigenvalue weighted by atomic mass is 35.5. The molecule has 0 amide bonds. The summed E-state index contributed by atoms with van der Waals surface area (Å²) in [7, 11) is 0. The van der Waals surface area contributed by atoms with E-state index in [1.165, 1.54) is 81.2 Å². The fourth-order valence-corrected chi connectivity index (χ4v) is 4.09. The molecular formula is C41H39ClF15N3O9. The zero-order valence-corrected chi connectivity index (χ0v) is 36.4. The van der Waals surface area contributed by atoms with Crippen LogP contribution in [0.2, 0.25) is 0 Å². The molecule has 28 heteroatoms. The number of aliphatic imine (C=N–C) groups is 2. The van der Waals surface area contributed by atoms with Crippen LogP contribution < -0.4 is 5.73 Å². The molecule has 0 spiro atoms. The molecule has 1 unspecified atom stereocenters. The first kappa shape index (κ1) is 62.5. The molecule has 0 aliphatic heterocycles. The minimum absolute atomic E-state index is 0. The number of aldehydes is 1. The molecule has 69 heavy (non-hydrogen) atoms. The van der Waals surface area contributed by atoms with Crippen molar-refractivity contribution in [2.45, 2.75) is 82.8 Å². The predicted molar refractivity (Wildman–Crippen MR) is 215 cm³/mol. The third kappa shape index (κ3) is 23.9. The number of carbonyl (C=O) groups is 2. The molecule has 384 valence electrons. The van der Waals surface area contributed by atoms with Gasteiger partial charge in [-0.2, -0.15) is 65.9 Å². The third-order valence-corrected chi connectivity index (χ3v) is 6.91. The van der Waals surface area contributed by atoms with E-state index in [9.17, 15) is 75.4 Å². The second-order valence-electron chi connectivity index (χ2n) is 13.0. The van der Waals surface area contributed by atoms with Crippen LogP contribution in [0.1, 0.15) is 90.0 Å². The Morgan fingerprint density at radius 2 is 0.986 bits per heavy atom. The van der Waals surface area contributed by atoms with Crippen molar-refractivity contribution in [1.29, 1.82) is 0 Å². The van der Waals surface area contributed by atoms with E-state index in [0.717, 1.165) is 30.9 Å². The largest absolute Gasteiger partial charge is 0.467 e. The molecule has 0 aromatic carbocycles. The highest BCUT2D eigenvalue weighted by Crippen LogP contribution is 2.36. The van der Waals surface area contributed by atoms with Gasteiger partial charge in [0.15, 0.2) is 35.3 Å². The molecule has 0 aliphatic carbocycles. The number of Topliss-reactive ketones (excluding diaryl/α,β-unsaturated/α-hetero) is 1. The Morgan fingerprint density at radius 3 is 1.29 bits per heavy atom. The van der Waals surface area contributed by atoms with Gasteiger partial charge in [-0.15, -0.1) is 12.4 Å². The zero-order chi connectivity index (χ0) is 52.1. The first-order chi connectivity index (χ1) is 31.3. The van der Waals surface area contributed by atoms with Crippen LogP contribution in [0, 0.1) is 0 Å². The number of aliphatic hydroxyl groups is 1. The quantitative estimate of drug-likeness (QED) is 0.0643. The van der Waals surface area contributed by atoms with Crippen molar-refractivity contribution in [3.63, 3.8) is 0 Å². The number of nitrogens with two attached hydrogens (primary N) is 1. The Balaban J connectivity index is 0.000000810. The smallest absolute Gasteiger partial charge is 0.458 e. The van der Waals surface area contributed by atoms with Crippen LogP contribution >= 0.6 is 12.4 Å². The van der Waals surface area contributed by atoms with Gasteiger partial charge in [0.1, 0.15) is 17.3 Å². The van der Waals surface area contributed by atoms with E-state index in [4.69, 9.17) is 15.3 Å². The molecule has 12 nitrogen and oxygen atoms in total. The van der Waals surface area contributed by atoms with Gasteiger partial charge in [-0.3, -0.25) is 19.6 Å². The van der Waals surface area contributed by atoms with Crippen LogP contribution in [-0.4, -0.2) is 65.5 Å². The fourth-order valence-electron chi connectivity index (χ4n) is 4.09. The van der Waals surface area contributed by atoms with E-state index in [-0.39, 0.29) is 29.7 Å². The van der Waals surface area contributed by atoms with Crippen molar-refractivity contribution in [2.75, 3.05) is 0 Å². The lowest BCUT2D eigenvalue weighted by atomic mass is 10.2. The predicted octanol–water partition coefficient (Wildman–Crippen LogP) is 13.7. The van der Waals surface area contributed by atoms with Crippen LogP contribution in [0.5, 0.6) is 0 Å². The van der Waals surface area contributed by atoms with Crippen LogP contribution in [0.15, 0.2) is 147 Å². The molecule has 6 aromatic rings. The van der Waals surface area contributed by atoms with E-state index in [2.05, 4.69) is 32.1 Å². The van der Waals surface area contributed by atoms with Crippen molar-refractivity contribution < 1.29 is 107 Å². The average Bonchev–Trinajstić information content (AvgIpc) is 4.09. The van der Waals surface area contributed by atoms with E-state index < -0.39 is 78.1 Å². The van der Waals surface area contributed by atoms with Crippen LogP contribution in [0.25, 0.3) is 0 Å². The van der Waals surface area contributed by atoms with Crippen molar-refractivity contribution in [3.05, 3.63) is 145 Å². The summed E-state index contributed by atoms with van der Waals surface area (Å²) in [5.74, 6) is -3.44. The summed E-state index contributed by atoms with van der Waals surface area (Å²) < 4.78 is 207. The number of nitrogens with zero attached hydrogens (tertiary/aromatic N) is 2. The second-order valence-corrected chi connectivity index (χ2v) is 13.0. The van der Waals surface area contributed by atoms with Gasteiger partial charge < -0.3 is 37.3 Å². The van der Waals surface area contributed by atoms with E-state index in [1.807, 2.05) is 0 Å². The lowest BCUT2D eigenvalue weighted by molar-refractivity contribution is -0.211. The molecular weight excluding hydrogens is 999 g/mol. The summed E-state index contributed by atoms with van der Waals surface area (Å²) in [6.45, 7) is 6.19. The van der Waals surface area contributed by atoms with Crippen LogP contribution in [0.3, 0.4) is 0 Å². The summed E-state index contributed by atoms with van der Waals surface area (Å²) in [4.78, 5) is 27.1. The standard InChI is InChI=1S/2C9H10F3NO.C6H6F3NO.C6H5F3O2.C6H3F3O2.C5H4O2.ClH/c2*1-6(2)13-8(9(10,11)12)7-4-3-5-14-7;3*7-6(8,9)5(10)4-2-1-3-11-4;6-4-5-2-1-3-7-5;/h3-5,8H,1-2H3;3-6H,1-2H3;1-3,5H,10H2;1-3,5,10H;1-3H;1-4H;1H/t8-;;5-;;;;/m0.0..../s1. The Morgan fingerprint density at radius 1 is 0.565 bits per heavy atom. The van der Waals surface area contributed by atoms with Gasteiger partial charge in [0.05, 0.1) is 37.6 Å². The summed E-state index contributed by atoms with van der Waals surface area (Å²) in [5, 5.41) is 8.53. The number of furan rings is 6. The van der Waals surface area contributed by atoms with Gasteiger partial charge in [0, 0.05) is 11.8 Å². The van der Waals surface area contributed by atoms with Gasteiger partial charge >= 0.3 is 36.7 Å². The van der Waals surface area contributed by atoms with Crippen molar-refractivity contribution in [1.82, 2.24) is 0 Å². The van der Waals surface area contributed by atoms with Crippen molar-refractivity contribution in [2.24, 2.45) is 15.7 Å². The van der Waals surface area contributed by atoms with Gasteiger partial charge in [-0.05, 0) is 100 Å². The van der Waals surface area contributed by atoms with Crippen LogP contribution in [0.4, 0.5) is 65.9 Å². The Kier molecular flexibility index (Phi) is 25.5. The maximum Gasteiger partial charge on any atom is 0.458 e. The molecule has 3 atom stereocenters. The molecule has 0 aliphatic rings. The monoisotopic (exact) mass is 1040 g/mol. The summed E-state index contributed by atoms with van der Waals surface area (Å²) in [5.41, 5.74) is 4.20. The number of carbonyl (C=O) groups excluding carboxylic acids is 2. The summed E-state index contributed by atoms with van der Waals surface area (Å²) >= 11 is 0. The van der Waals surface area contributed by atoms with E-state index in [1.54, 1.807) is 26.0 Å². The van der Waals surface area contributed by atoms with Gasteiger partial charge in [0.2, 0.25) is 12.1 Å². The third-order valence-electron chi connectivity index (χ3n) is 6.91. The highest BCUT2D eigenvalue weighted by Gasteiger charge is 2.44. The topological polar surface area (TPSA) is 184 Å². The van der Waals surface area contributed by atoms with E-state index >= 15 is 0 Å². The first-order valence-electron chi connectivity index (χ1n) is 18.4. The number of aliphatic hydroxyl groups excluding tert-OH is 1. The summed E-state index contributed by atoms with van der Waals surface area (Å²) in [6.07, 6.45) is -17.6. The molecule has 0 fully saturated rings. The lowest BCUT2D eigenvalue weighted by Gasteiger charge is -2.14. The molecule has 3 N–H and O–H groups in total. The molecule has 0 radical (unpaired) electrons.